The number of ether oxygens (including phenoxy) is 2. The molecule has 2 amide bonds. The average Bonchev–Trinajstić information content (AvgIpc) is 2.88. The highest BCUT2D eigenvalue weighted by Gasteiger charge is 2.24. The molecule has 2 aliphatic heterocycles. The molecule has 4 rings (SSSR count). The maximum absolute atomic E-state index is 12.7. The maximum atomic E-state index is 12.7. The highest BCUT2D eigenvalue weighted by Crippen LogP contribution is 2.22. The molecule has 32 heavy (non-hydrogen) atoms. The fourth-order valence-electron chi connectivity index (χ4n) is 4.23. The lowest BCUT2D eigenvalue weighted by atomic mass is 9.97. The van der Waals surface area contributed by atoms with Crippen molar-refractivity contribution in [2.75, 3.05) is 46.0 Å². The van der Waals surface area contributed by atoms with Gasteiger partial charge < -0.3 is 19.3 Å². The summed E-state index contributed by atoms with van der Waals surface area (Å²) in [7, 11) is 0. The van der Waals surface area contributed by atoms with Crippen LogP contribution in [0.4, 0.5) is 0 Å². The van der Waals surface area contributed by atoms with E-state index in [0.717, 1.165) is 43.7 Å². The normalized spacial score (nSPS) is 17.3. The summed E-state index contributed by atoms with van der Waals surface area (Å²) in [5.74, 6) is 1.36. The molecule has 2 saturated heterocycles. The molecule has 170 valence electrons. The van der Waals surface area contributed by atoms with Crippen LogP contribution >= 0.6 is 0 Å². The van der Waals surface area contributed by atoms with Crippen molar-refractivity contribution in [1.29, 1.82) is 0 Å². The molecular weight excluding hydrogens is 404 g/mol. The first-order chi connectivity index (χ1) is 15.6. The van der Waals surface area contributed by atoms with Crippen molar-refractivity contribution in [2.24, 2.45) is 5.92 Å². The lowest BCUT2D eigenvalue weighted by Gasteiger charge is -2.32. The van der Waals surface area contributed by atoms with Crippen LogP contribution in [0.2, 0.25) is 0 Å². The Bertz CT molecular complexity index is 896. The van der Waals surface area contributed by atoms with E-state index >= 15 is 0 Å². The van der Waals surface area contributed by atoms with E-state index in [1.54, 1.807) is 0 Å². The van der Waals surface area contributed by atoms with Crippen molar-refractivity contribution in [3.05, 3.63) is 65.2 Å². The number of morpholine rings is 1. The van der Waals surface area contributed by atoms with Gasteiger partial charge in [0.15, 0.2) is 0 Å². The maximum Gasteiger partial charge on any atom is 0.254 e. The van der Waals surface area contributed by atoms with Crippen molar-refractivity contribution >= 4 is 11.8 Å². The van der Waals surface area contributed by atoms with Crippen molar-refractivity contribution in [2.45, 2.75) is 26.2 Å². The molecule has 0 saturated carbocycles. The van der Waals surface area contributed by atoms with Gasteiger partial charge in [0, 0.05) is 37.3 Å². The molecule has 0 bridgehead atoms. The van der Waals surface area contributed by atoms with Crippen LogP contribution in [0, 0.1) is 5.92 Å². The summed E-state index contributed by atoms with van der Waals surface area (Å²) < 4.78 is 11.3. The number of amides is 2. The van der Waals surface area contributed by atoms with Crippen LogP contribution in [0.25, 0.3) is 0 Å². The third-order valence-corrected chi connectivity index (χ3v) is 6.40. The Morgan fingerprint density at radius 3 is 1.94 bits per heavy atom. The van der Waals surface area contributed by atoms with E-state index < -0.39 is 0 Å². The molecule has 0 N–H and O–H groups in total. The van der Waals surface area contributed by atoms with Gasteiger partial charge in [-0.15, -0.1) is 0 Å². The zero-order valence-electron chi connectivity index (χ0n) is 18.8. The fourth-order valence-corrected chi connectivity index (χ4v) is 4.23. The molecular formula is C26H32N2O4. The Labute approximate surface area is 190 Å². The fraction of sp³-hybridized carbons (Fsp3) is 0.462. The number of carbonyl (C=O) groups is 2. The number of aryl methyl sites for hydroxylation is 1. The quantitative estimate of drug-likeness (QED) is 0.694. The van der Waals surface area contributed by atoms with Gasteiger partial charge in [0.1, 0.15) is 5.75 Å². The van der Waals surface area contributed by atoms with Gasteiger partial charge in [-0.05, 0) is 67.1 Å². The molecule has 2 fully saturated rings. The molecule has 0 unspecified atom stereocenters. The molecule has 6 nitrogen and oxygen atoms in total. The second-order valence-corrected chi connectivity index (χ2v) is 8.53. The van der Waals surface area contributed by atoms with E-state index in [9.17, 15) is 9.59 Å². The van der Waals surface area contributed by atoms with Gasteiger partial charge in [-0.3, -0.25) is 9.59 Å². The molecule has 0 atom stereocenters. The lowest BCUT2D eigenvalue weighted by Crippen LogP contribution is -2.40. The molecule has 0 aromatic heterocycles. The minimum Gasteiger partial charge on any atom is -0.493 e. The molecule has 0 spiro atoms. The molecule has 0 aliphatic carbocycles. The number of hydrogen-bond donors (Lipinski definition) is 0. The SMILES string of the molecule is CCc1ccc(C(=O)N2CCC(COc3ccc(C(=O)N4CCOCC4)cc3)CC2)cc1. The van der Waals surface area contributed by atoms with Gasteiger partial charge in [-0.1, -0.05) is 19.1 Å². The zero-order chi connectivity index (χ0) is 22.3. The predicted octanol–water partition coefficient (Wildman–Crippen LogP) is 3.65. The van der Waals surface area contributed by atoms with Crippen molar-refractivity contribution < 1.29 is 19.1 Å². The molecule has 2 aromatic carbocycles. The van der Waals surface area contributed by atoms with E-state index in [-0.39, 0.29) is 11.8 Å². The largest absolute Gasteiger partial charge is 0.493 e. The molecule has 2 heterocycles. The number of carbonyl (C=O) groups excluding carboxylic acids is 2. The van der Waals surface area contributed by atoms with Gasteiger partial charge in [0.25, 0.3) is 11.8 Å². The second kappa shape index (κ2) is 10.6. The first-order valence-electron chi connectivity index (χ1n) is 11.6. The Balaban J connectivity index is 1.22. The molecule has 0 radical (unpaired) electrons. The second-order valence-electron chi connectivity index (χ2n) is 8.53. The number of piperidine rings is 1. The first kappa shape index (κ1) is 22.3. The van der Waals surface area contributed by atoms with Crippen molar-refractivity contribution in [3.63, 3.8) is 0 Å². The predicted molar refractivity (Wildman–Crippen MR) is 123 cm³/mol. The summed E-state index contributed by atoms with van der Waals surface area (Å²) in [5, 5.41) is 0. The molecule has 2 aromatic rings. The summed E-state index contributed by atoms with van der Waals surface area (Å²) in [6.07, 6.45) is 2.85. The summed E-state index contributed by atoms with van der Waals surface area (Å²) >= 11 is 0. The van der Waals surface area contributed by atoms with Crippen LogP contribution in [0.5, 0.6) is 5.75 Å². The number of benzene rings is 2. The summed E-state index contributed by atoms with van der Waals surface area (Å²) in [6.45, 7) is 6.74. The van der Waals surface area contributed by atoms with Crippen LogP contribution < -0.4 is 4.74 Å². The van der Waals surface area contributed by atoms with Crippen LogP contribution in [0.3, 0.4) is 0 Å². The highest BCUT2D eigenvalue weighted by molar-refractivity contribution is 5.94. The van der Waals surface area contributed by atoms with Gasteiger partial charge in [0.05, 0.1) is 19.8 Å². The third kappa shape index (κ3) is 5.49. The smallest absolute Gasteiger partial charge is 0.254 e. The molecule has 2 aliphatic rings. The van der Waals surface area contributed by atoms with Gasteiger partial charge in [0.2, 0.25) is 0 Å². The van der Waals surface area contributed by atoms with Crippen LogP contribution in [0.15, 0.2) is 48.5 Å². The van der Waals surface area contributed by atoms with E-state index in [0.29, 0.717) is 44.4 Å². The average molecular weight is 437 g/mol. The van der Waals surface area contributed by atoms with Crippen LogP contribution in [-0.4, -0.2) is 67.6 Å². The Kier molecular flexibility index (Phi) is 7.43. The third-order valence-electron chi connectivity index (χ3n) is 6.40. The van der Waals surface area contributed by atoms with Crippen molar-refractivity contribution in [3.8, 4) is 5.75 Å². The van der Waals surface area contributed by atoms with Crippen molar-refractivity contribution in [1.82, 2.24) is 9.80 Å². The van der Waals surface area contributed by atoms with Gasteiger partial charge in [-0.25, -0.2) is 0 Å². The summed E-state index contributed by atoms with van der Waals surface area (Å²) in [6, 6.07) is 15.3. The number of hydrogen-bond acceptors (Lipinski definition) is 4. The van der Waals surface area contributed by atoms with E-state index in [4.69, 9.17) is 9.47 Å². The van der Waals surface area contributed by atoms with Crippen LogP contribution in [-0.2, 0) is 11.2 Å². The Hall–Kier alpha value is -2.86. The Morgan fingerprint density at radius 1 is 0.844 bits per heavy atom. The monoisotopic (exact) mass is 436 g/mol. The zero-order valence-corrected chi connectivity index (χ0v) is 18.8. The minimum atomic E-state index is 0.0428. The van der Waals surface area contributed by atoms with E-state index in [2.05, 4.69) is 6.92 Å². The highest BCUT2D eigenvalue weighted by atomic mass is 16.5. The summed E-state index contributed by atoms with van der Waals surface area (Å²) in [4.78, 5) is 29.1. The number of nitrogens with zero attached hydrogens (tertiary/aromatic N) is 2. The standard InChI is InChI=1S/C26H32N2O4/c1-2-20-3-5-22(6-4-20)25(29)27-13-11-21(12-14-27)19-32-24-9-7-23(8-10-24)26(30)28-15-17-31-18-16-28/h3-10,21H,2,11-19H2,1H3. The molecule has 6 heteroatoms. The van der Waals surface area contributed by atoms with E-state index in [1.165, 1.54) is 5.56 Å². The minimum absolute atomic E-state index is 0.0428. The van der Waals surface area contributed by atoms with Crippen LogP contribution in [0.1, 0.15) is 46.0 Å². The topological polar surface area (TPSA) is 59.1 Å². The van der Waals surface area contributed by atoms with Gasteiger partial charge in [-0.2, -0.15) is 0 Å². The number of likely N-dealkylation sites (tertiary alicyclic amines) is 1. The first-order valence-corrected chi connectivity index (χ1v) is 11.6. The summed E-state index contributed by atoms with van der Waals surface area (Å²) in [5.41, 5.74) is 2.69. The van der Waals surface area contributed by atoms with Gasteiger partial charge >= 0.3 is 0 Å². The number of rotatable bonds is 6. The Morgan fingerprint density at radius 2 is 1.38 bits per heavy atom. The lowest BCUT2D eigenvalue weighted by molar-refractivity contribution is 0.0303. The van der Waals surface area contributed by atoms with E-state index in [1.807, 2.05) is 58.3 Å².